The van der Waals surface area contributed by atoms with E-state index >= 15 is 0 Å². The van der Waals surface area contributed by atoms with E-state index in [0.29, 0.717) is 30.7 Å². The monoisotopic (exact) mass is 509 g/mol. The lowest BCUT2D eigenvalue weighted by atomic mass is 9.85. The summed E-state index contributed by atoms with van der Waals surface area (Å²) in [5.74, 6) is 0.466. The van der Waals surface area contributed by atoms with E-state index in [4.69, 9.17) is 9.47 Å². The molecule has 0 aliphatic carbocycles. The van der Waals surface area contributed by atoms with Gasteiger partial charge in [-0.15, -0.1) is 0 Å². The number of hydrogen-bond acceptors (Lipinski definition) is 6. The van der Waals surface area contributed by atoms with Crippen LogP contribution < -0.4 is 9.47 Å². The topological polar surface area (TPSA) is 93.1 Å². The van der Waals surface area contributed by atoms with Crippen molar-refractivity contribution in [3.05, 3.63) is 46.4 Å². The number of likely N-dealkylation sites (tertiary alicyclic amines) is 1. The third-order valence-electron chi connectivity index (χ3n) is 5.86. The number of nitrogens with zero attached hydrogens (tertiary/aromatic N) is 1. The maximum Gasteiger partial charge on any atom is 0.223 e. The number of sulfone groups is 1. The molecule has 2 heterocycles. The molecule has 0 bridgehead atoms. The molecule has 1 amide bonds. The fourth-order valence-corrected chi connectivity index (χ4v) is 5.88. The lowest BCUT2D eigenvalue weighted by molar-refractivity contribution is -0.139. The Bertz CT molecular complexity index is 1130. The Labute approximate surface area is 190 Å². The lowest BCUT2D eigenvalue weighted by Gasteiger charge is -2.45. The molecule has 9 heteroatoms. The van der Waals surface area contributed by atoms with Crippen molar-refractivity contribution in [3.63, 3.8) is 0 Å². The minimum absolute atomic E-state index is 0.0387. The van der Waals surface area contributed by atoms with Gasteiger partial charge in [-0.1, -0.05) is 15.9 Å². The normalized spacial score (nSPS) is 22.7. The second-order valence-electron chi connectivity index (χ2n) is 8.28. The minimum atomic E-state index is -3.93. The number of methoxy groups -OCH3 is 1. The van der Waals surface area contributed by atoms with Crippen molar-refractivity contribution in [2.24, 2.45) is 0 Å². The van der Waals surface area contributed by atoms with Gasteiger partial charge in [-0.2, -0.15) is 0 Å². The Morgan fingerprint density at radius 3 is 2.48 bits per heavy atom. The molecule has 2 aromatic rings. The van der Waals surface area contributed by atoms with Crippen molar-refractivity contribution in [1.82, 2.24) is 4.90 Å². The number of fused-ring (bicyclic) bond motifs is 1. The number of carbonyl (C=O) groups excluding carboxylic acids is 1. The van der Waals surface area contributed by atoms with Gasteiger partial charge in [-0.3, -0.25) is 4.79 Å². The van der Waals surface area contributed by atoms with Crippen LogP contribution >= 0.6 is 15.9 Å². The van der Waals surface area contributed by atoms with Crippen LogP contribution in [0.15, 0.2) is 50.7 Å². The molecule has 31 heavy (non-hydrogen) atoms. The van der Waals surface area contributed by atoms with Crippen LogP contribution in [0.25, 0.3) is 0 Å². The Kier molecular flexibility index (Phi) is 5.56. The first kappa shape index (κ1) is 22.1. The molecule has 166 valence electrons. The van der Waals surface area contributed by atoms with E-state index in [0.717, 1.165) is 4.47 Å². The molecule has 0 spiro atoms. The van der Waals surface area contributed by atoms with Gasteiger partial charge >= 0.3 is 0 Å². The van der Waals surface area contributed by atoms with Crippen molar-refractivity contribution in [3.8, 4) is 11.5 Å². The SMILES string of the molecule is COc1cc2c(cc1S(=O)(=O)c1ccc(Br)cc1)[C@@H](N1CCCC1=O)[C@H](O)C(C)(C)O2. The number of aliphatic hydroxyl groups is 1. The van der Waals surface area contributed by atoms with Gasteiger partial charge in [0.25, 0.3) is 0 Å². The van der Waals surface area contributed by atoms with Crippen molar-refractivity contribution < 1.29 is 27.8 Å². The molecule has 4 rings (SSSR count). The van der Waals surface area contributed by atoms with E-state index < -0.39 is 27.6 Å². The van der Waals surface area contributed by atoms with Crippen LogP contribution in [-0.4, -0.2) is 49.7 Å². The molecule has 0 unspecified atom stereocenters. The number of benzene rings is 2. The highest BCUT2D eigenvalue weighted by molar-refractivity contribution is 9.10. The highest BCUT2D eigenvalue weighted by Gasteiger charge is 2.48. The Balaban J connectivity index is 1.92. The van der Waals surface area contributed by atoms with Crippen LogP contribution in [0.2, 0.25) is 0 Å². The van der Waals surface area contributed by atoms with Crippen molar-refractivity contribution >= 4 is 31.7 Å². The van der Waals surface area contributed by atoms with Crippen LogP contribution in [0.5, 0.6) is 11.5 Å². The fourth-order valence-electron chi connectivity index (χ4n) is 4.18. The van der Waals surface area contributed by atoms with Gasteiger partial charge in [-0.25, -0.2) is 8.42 Å². The minimum Gasteiger partial charge on any atom is -0.495 e. The summed E-state index contributed by atoms with van der Waals surface area (Å²) >= 11 is 3.31. The molecule has 2 aliphatic rings. The number of rotatable bonds is 4. The Hall–Kier alpha value is -2.10. The van der Waals surface area contributed by atoms with E-state index in [2.05, 4.69) is 15.9 Å². The lowest BCUT2D eigenvalue weighted by Crippen LogP contribution is -2.53. The van der Waals surface area contributed by atoms with Gasteiger partial charge in [0.1, 0.15) is 28.1 Å². The second kappa shape index (κ2) is 7.79. The number of halogens is 1. The fraction of sp³-hybridized carbons (Fsp3) is 0.409. The smallest absolute Gasteiger partial charge is 0.223 e. The van der Waals surface area contributed by atoms with Crippen LogP contribution in [0.4, 0.5) is 0 Å². The van der Waals surface area contributed by atoms with Crippen LogP contribution in [0, 0.1) is 0 Å². The van der Waals surface area contributed by atoms with E-state index in [1.807, 2.05) is 0 Å². The molecule has 1 N–H and O–H groups in total. The van der Waals surface area contributed by atoms with Gasteiger partial charge in [0.05, 0.1) is 18.0 Å². The molecule has 1 fully saturated rings. The molecule has 0 saturated carbocycles. The molecule has 2 aliphatic heterocycles. The number of carbonyl (C=O) groups is 1. The maximum absolute atomic E-state index is 13.4. The highest BCUT2D eigenvalue weighted by Crippen LogP contribution is 2.47. The van der Waals surface area contributed by atoms with Crippen molar-refractivity contribution in [1.29, 1.82) is 0 Å². The van der Waals surface area contributed by atoms with Gasteiger partial charge < -0.3 is 19.5 Å². The summed E-state index contributed by atoms with van der Waals surface area (Å²) in [6.07, 6.45) is 0.0671. The third-order valence-corrected chi connectivity index (χ3v) is 8.18. The van der Waals surface area contributed by atoms with Gasteiger partial charge in [0.15, 0.2) is 0 Å². The predicted molar refractivity (Wildman–Crippen MR) is 117 cm³/mol. The average molecular weight is 510 g/mol. The van der Waals surface area contributed by atoms with E-state index in [9.17, 15) is 18.3 Å². The molecule has 2 atom stereocenters. The quantitative estimate of drug-likeness (QED) is 0.677. The molecule has 0 aromatic heterocycles. The van der Waals surface area contributed by atoms with Crippen molar-refractivity contribution in [2.75, 3.05) is 13.7 Å². The summed E-state index contributed by atoms with van der Waals surface area (Å²) in [6, 6.07) is 8.61. The maximum atomic E-state index is 13.4. The van der Waals surface area contributed by atoms with Crippen LogP contribution in [-0.2, 0) is 14.6 Å². The second-order valence-corrected chi connectivity index (χ2v) is 11.1. The standard InChI is InChI=1S/C22H24BrNO6S/c1-22(2)21(26)20(24-10-4-5-19(24)25)15-11-18(17(29-3)12-16(15)30-22)31(27,28)14-8-6-13(23)7-9-14/h6-9,11-12,20-21,26H,4-5,10H2,1-3H3/t20-,21+/m1/s1. The summed E-state index contributed by atoms with van der Waals surface area (Å²) < 4.78 is 39.1. The van der Waals surface area contributed by atoms with Gasteiger partial charge in [0, 0.05) is 29.1 Å². The zero-order valence-corrected chi connectivity index (χ0v) is 19.9. The molecule has 0 radical (unpaired) electrons. The van der Waals surface area contributed by atoms with E-state index in [1.54, 1.807) is 30.9 Å². The molecular formula is C22H24BrNO6S. The number of amides is 1. The first-order valence-corrected chi connectivity index (χ1v) is 12.2. The van der Waals surface area contributed by atoms with Crippen molar-refractivity contribution in [2.45, 2.75) is 54.2 Å². The molecule has 2 aromatic carbocycles. The summed E-state index contributed by atoms with van der Waals surface area (Å²) in [7, 11) is -2.53. The number of ether oxygens (including phenoxy) is 2. The third kappa shape index (κ3) is 3.72. The molecular weight excluding hydrogens is 486 g/mol. The zero-order valence-electron chi connectivity index (χ0n) is 17.5. The van der Waals surface area contributed by atoms with Gasteiger partial charge in [0.2, 0.25) is 15.7 Å². The van der Waals surface area contributed by atoms with E-state index in [1.165, 1.54) is 31.4 Å². The first-order valence-electron chi connectivity index (χ1n) is 9.95. The Morgan fingerprint density at radius 1 is 1.23 bits per heavy atom. The molecule has 7 nitrogen and oxygen atoms in total. The van der Waals surface area contributed by atoms with E-state index in [-0.39, 0.29) is 21.4 Å². The Morgan fingerprint density at radius 2 is 1.90 bits per heavy atom. The van der Waals surface area contributed by atoms with Crippen LogP contribution in [0.1, 0.15) is 38.3 Å². The average Bonchev–Trinajstić information content (AvgIpc) is 3.13. The number of hydrogen-bond donors (Lipinski definition) is 1. The summed E-state index contributed by atoms with van der Waals surface area (Å²) in [4.78, 5) is 14.2. The largest absolute Gasteiger partial charge is 0.495 e. The summed E-state index contributed by atoms with van der Waals surface area (Å²) in [5, 5.41) is 11.1. The van der Waals surface area contributed by atoms with Crippen LogP contribution in [0.3, 0.4) is 0 Å². The molecule has 1 saturated heterocycles. The number of aliphatic hydroxyl groups excluding tert-OH is 1. The summed E-state index contributed by atoms with van der Waals surface area (Å²) in [6.45, 7) is 3.98. The first-order chi connectivity index (χ1) is 14.6. The summed E-state index contributed by atoms with van der Waals surface area (Å²) in [5.41, 5.74) is -0.518. The zero-order chi connectivity index (χ0) is 22.6. The predicted octanol–water partition coefficient (Wildman–Crippen LogP) is 3.49. The van der Waals surface area contributed by atoms with Gasteiger partial charge in [-0.05, 0) is 50.6 Å². The highest BCUT2D eigenvalue weighted by atomic mass is 79.9.